The minimum Gasteiger partial charge on any atom is -0.504 e. The number of hydrogen-bond acceptors (Lipinski definition) is 8. The molecular formula is C39H33ClN6O6S. The second-order valence-electron chi connectivity index (χ2n) is 14.0. The molecule has 6 aromatic rings. The van der Waals surface area contributed by atoms with Crippen LogP contribution in [0.4, 0.5) is 5.82 Å². The Labute approximate surface area is 311 Å². The number of phenolic OH excluding ortho intramolecular Hbond substituents is 1. The fourth-order valence-corrected chi connectivity index (χ4v) is 10.1. The van der Waals surface area contributed by atoms with E-state index >= 15 is 4.79 Å². The van der Waals surface area contributed by atoms with Crippen molar-refractivity contribution in [2.24, 2.45) is 18.4 Å². The van der Waals surface area contributed by atoms with Crippen molar-refractivity contribution in [2.75, 3.05) is 12.0 Å². The van der Waals surface area contributed by atoms with E-state index in [1.807, 2.05) is 31.2 Å². The molecule has 4 atom stereocenters. The quantitative estimate of drug-likeness (QED) is 0.170. The molecule has 1 aliphatic carbocycles. The molecule has 2 amide bonds. The predicted octanol–water partition coefficient (Wildman–Crippen LogP) is 5.96. The number of fused-ring (bicyclic) bond motifs is 5. The van der Waals surface area contributed by atoms with Gasteiger partial charge in [0.25, 0.3) is 0 Å². The Bertz CT molecular complexity index is 2700. The van der Waals surface area contributed by atoms with Gasteiger partial charge < -0.3 is 9.84 Å². The number of carbonyl (C=O) groups is 2. The number of imide groups is 1. The maximum atomic E-state index is 15.1. The van der Waals surface area contributed by atoms with E-state index in [0.717, 1.165) is 30.7 Å². The van der Waals surface area contributed by atoms with Crippen LogP contribution in [-0.2, 0) is 23.2 Å². The second-order valence-corrected chi connectivity index (χ2v) is 15.5. The minimum atomic E-state index is -1.32. The Balaban J connectivity index is 1.20. The van der Waals surface area contributed by atoms with Gasteiger partial charge in [0.05, 0.1) is 41.6 Å². The number of aryl methyl sites for hydroxylation is 2. The predicted molar refractivity (Wildman–Crippen MR) is 201 cm³/mol. The normalized spacial score (nSPS) is 22.2. The van der Waals surface area contributed by atoms with Crippen LogP contribution in [0.2, 0.25) is 5.02 Å². The lowest BCUT2D eigenvalue weighted by molar-refractivity contribution is -0.129. The third kappa shape index (κ3) is 4.56. The van der Waals surface area contributed by atoms with E-state index in [-0.39, 0.29) is 24.5 Å². The van der Waals surface area contributed by atoms with Gasteiger partial charge in [-0.2, -0.15) is 5.10 Å². The van der Waals surface area contributed by atoms with Crippen molar-refractivity contribution in [3.8, 4) is 27.8 Å². The van der Waals surface area contributed by atoms with Gasteiger partial charge in [-0.25, -0.2) is 28.4 Å². The lowest BCUT2D eigenvalue weighted by Gasteiger charge is -2.47. The lowest BCUT2D eigenvalue weighted by Crippen LogP contribution is -2.49. The number of aromatic hydroxyl groups is 1. The fraction of sp³-hybridized carbons (Fsp3) is 0.256. The zero-order valence-corrected chi connectivity index (χ0v) is 30.7. The average molecular weight is 749 g/mol. The van der Waals surface area contributed by atoms with Crippen molar-refractivity contribution >= 4 is 50.7 Å². The van der Waals surface area contributed by atoms with Crippen LogP contribution in [0.15, 0.2) is 94.0 Å². The molecular weight excluding hydrogens is 716 g/mol. The highest BCUT2D eigenvalue weighted by Crippen LogP contribution is 2.61. The minimum absolute atomic E-state index is 0.0791. The molecule has 5 heterocycles. The number of allylic oxidation sites excluding steroid dienone is 2. The van der Waals surface area contributed by atoms with Gasteiger partial charge in [-0.3, -0.25) is 14.3 Å². The lowest BCUT2D eigenvalue weighted by atomic mass is 9.56. The maximum absolute atomic E-state index is 15.1. The number of hydrogen-bond donors (Lipinski definition) is 1. The first-order chi connectivity index (χ1) is 25.4. The van der Waals surface area contributed by atoms with E-state index in [9.17, 15) is 19.5 Å². The molecule has 0 spiro atoms. The molecule has 1 saturated heterocycles. The third-order valence-corrected chi connectivity index (χ3v) is 12.8. The SMILES string of the molecule is COc1cc(C2C3=CCn4c(=O)n(-c5ccccc5)c(=O)n4C3CC3C(=O)N(c4cc(-c5sc6ccc(Cl)cc6c5C)nn4C)C(=O)C32C)ccc1O. The molecule has 2 aliphatic heterocycles. The first-order valence-electron chi connectivity index (χ1n) is 17.1. The second kappa shape index (κ2) is 11.7. The first-order valence-corrected chi connectivity index (χ1v) is 18.3. The summed E-state index contributed by atoms with van der Waals surface area (Å²) in [5.74, 6) is -1.99. The van der Waals surface area contributed by atoms with Crippen LogP contribution >= 0.6 is 22.9 Å². The Morgan fingerprint density at radius 2 is 1.77 bits per heavy atom. The number of rotatable bonds is 5. The number of carbonyl (C=O) groups excluding carboxylic acids is 2. The summed E-state index contributed by atoms with van der Waals surface area (Å²) in [5.41, 5.74) is 1.06. The summed E-state index contributed by atoms with van der Waals surface area (Å²) < 4.78 is 12.0. The molecule has 9 rings (SSSR count). The number of phenols is 1. The van der Waals surface area contributed by atoms with Crippen LogP contribution in [0, 0.1) is 18.3 Å². The van der Waals surface area contributed by atoms with Gasteiger partial charge in [-0.15, -0.1) is 11.3 Å². The van der Waals surface area contributed by atoms with Gasteiger partial charge >= 0.3 is 11.4 Å². The fourth-order valence-electron chi connectivity index (χ4n) is 8.76. The van der Waals surface area contributed by atoms with E-state index in [4.69, 9.17) is 21.4 Å². The number of amides is 2. The number of ether oxygens (including phenoxy) is 1. The van der Waals surface area contributed by atoms with Crippen molar-refractivity contribution < 1.29 is 19.4 Å². The Morgan fingerprint density at radius 1 is 1.00 bits per heavy atom. The third-order valence-electron chi connectivity index (χ3n) is 11.3. The van der Waals surface area contributed by atoms with E-state index in [1.54, 1.807) is 78.5 Å². The number of methoxy groups -OCH3 is 1. The number of aromatic nitrogens is 5. The summed E-state index contributed by atoms with van der Waals surface area (Å²) >= 11 is 7.87. The van der Waals surface area contributed by atoms with Crippen LogP contribution < -0.4 is 21.0 Å². The molecule has 0 bridgehead atoms. The van der Waals surface area contributed by atoms with Gasteiger partial charge in [0, 0.05) is 28.8 Å². The molecule has 3 aromatic carbocycles. The molecule has 3 aromatic heterocycles. The van der Waals surface area contributed by atoms with Crippen molar-refractivity contribution in [3.63, 3.8) is 0 Å². The molecule has 0 radical (unpaired) electrons. The van der Waals surface area contributed by atoms with Crippen LogP contribution in [0.5, 0.6) is 11.5 Å². The van der Waals surface area contributed by atoms with Crippen molar-refractivity contribution in [3.05, 3.63) is 122 Å². The summed E-state index contributed by atoms with van der Waals surface area (Å²) in [6.45, 7) is 3.89. The Kier molecular flexibility index (Phi) is 7.31. The highest BCUT2D eigenvalue weighted by Gasteiger charge is 2.66. The molecule has 1 saturated carbocycles. The van der Waals surface area contributed by atoms with E-state index in [2.05, 4.69) is 0 Å². The van der Waals surface area contributed by atoms with Crippen LogP contribution in [0.1, 0.15) is 36.4 Å². The summed E-state index contributed by atoms with van der Waals surface area (Å²) in [6, 6.07) is 20.4. The van der Waals surface area contributed by atoms with Crippen molar-refractivity contribution in [1.29, 1.82) is 0 Å². The number of para-hydroxylation sites is 1. The smallest absolute Gasteiger partial charge is 0.352 e. The van der Waals surface area contributed by atoms with Gasteiger partial charge in [-0.05, 0) is 84.8 Å². The number of halogens is 1. The number of anilines is 1. The number of thiophene rings is 1. The van der Waals surface area contributed by atoms with E-state index < -0.39 is 46.5 Å². The van der Waals surface area contributed by atoms with Gasteiger partial charge in [0.1, 0.15) is 11.5 Å². The Morgan fingerprint density at radius 3 is 2.53 bits per heavy atom. The van der Waals surface area contributed by atoms with Gasteiger partial charge in [0.2, 0.25) is 11.8 Å². The molecule has 1 N–H and O–H groups in total. The highest BCUT2D eigenvalue weighted by atomic mass is 35.5. The largest absolute Gasteiger partial charge is 0.504 e. The zero-order chi connectivity index (χ0) is 37.1. The maximum Gasteiger partial charge on any atom is 0.352 e. The van der Waals surface area contributed by atoms with E-state index in [1.165, 1.54) is 27.4 Å². The topological polar surface area (TPSA) is 134 Å². The average Bonchev–Trinajstić information content (AvgIpc) is 3.82. The summed E-state index contributed by atoms with van der Waals surface area (Å²) in [6.07, 6.45) is 2.00. The monoisotopic (exact) mass is 748 g/mol. The van der Waals surface area contributed by atoms with E-state index in [0.29, 0.717) is 27.8 Å². The summed E-state index contributed by atoms with van der Waals surface area (Å²) in [5, 5.41) is 17.0. The summed E-state index contributed by atoms with van der Waals surface area (Å²) in [7, 11) is 3.15. The number of benzene rings is 3. The standard InChI is InChI=1S/C39H33ClN6O6S/c1-20-25-17-22(40)11-13-31(25)53-34(20)27-19-32(42(3)41-27)45-35(48)26-18-28-24(33(39(26,2)36(45)49)21-10-12-29(47)30(16-21)52-4)14-15-43-37(50)44(38(51)46(28)43)23-8-6-5-7-9-23/h5-14,16-17,19,26,28,33,47H,15,18H2,1-4H3. The highest BCUT2D eigenvalue weighted by molar-refractivity contribution is 7.22. The Hall–Kier alpha value is -5.66. The molecule has 2 fully saturated rings. The molecule has 53 heavy (non-hydrogen) atoms. The van der Waals surface area contributed by atoms with Gasteiger partial charge in [-0.1, -0.05) is 41.9 Å². The van der Waals surface area contributed by atoms with Crippen molar-refractivity contribution in [1.82, 2.24) is 23.7 Å². The van der Waals surface area contributed by atoms with Crippen LogP contribution in [-0.4, -0.2) is 47.7 Å². The molecule has 14 heteroatoms. The first kappa shape index (κ1) is 33.2. The zero-order valence-electron chi connectivity index (χ0n) is 29.1. The van der Waals surface area contributed by atoms with Crippen LogP contribution in [0.3, 0.4) is 0 Å². The molecule has 4 unspecified atom stereocenters. The molecule has 268 valence electrons. The summed E-state index contributed by atoms with van der Waals surface area (Å²) in [4.78, 5) is 60.0. The number of nitrogens with zero attached hydrogens (tertiary/aromatic N) is 6. The molecule has 3 aliphatic rings. The molecule has 12 nitrogen and oxygen atoms in total. The van der Waals surface area contributed by atoms with Crippen molar-refractivity contribution in [2.45, 2.75) is 38.8 Å². The van der Waals surface area contributed by atoms with Crippen LogP contribution in [0.25, 0.3) is 26.3 Å². The van der Waals surface area contributed by atoms with Gasteiger partial charge in [0.15, 0.2) is 11.5 Å².